The van der Waals surface area contributed by atoms with Gasteiger partial charge in [-0.15, -0.1) is 0 Å². The van der Waals surface area contributed by atoms with E-state index in [1.165, 1.54) is 37.9 Å². The summed E-state index contributed by atoms with van der Waals surface area (Å²) in [5.41, 5.74) is 7.19. The number of rotatable bonds is 5. The molecule has 4 heteroatoms. The molecule has 4 nitrogen and oxygen atoms in total. The molecule has 0 unspecified atom stereocenters. The van der Waals surface area contributed by atoms with Gasteiger partial charge >= 0.3 is 6.03 Å². The Morgan fingerprint density at radius 3 is 3.11 bits per heavy atom. The fourth-order valence-corrected chi connectivity index (χ4v) is 2.90. The maximum absolute atomic E-state index is 10.9. The summed E-state index contributed by atoms with van der Waals surface area (Å²) >= 11 is 0. The first-order valence-corrected chi connectivity index (χ1v) is 7.08. The van der Waals surface area contributed by atoms with Crippen LogP contribution in [0, 0.1) is 0 Å². The highest BCUT2D eigenvalue weighted by Crippen LogP contribution is 2.22. The minimum Gasteiger partial charge on any atom is -0.351 e. The molecule has 1 aromatic carbocycles. The number of nitrogens with one attached hydrogen (secondary N) is 1. The lowest BCUT2D eigenvalue weighted by molar-refractivity contribution is 0.253. The molecule has 0 bridgehead atoms. The normalized spacial score (nSPS) is 19.5. The molecule has 0 spiro atoms. The van der Waals surface area contributed by atoms with Crippen molar-refractivity contribution >= 4 is 11.7 Å². The molecule has 1 aromatic rings. The quantitative estimate of drug-likeness (QED) is 0.856. The van der Waals surface area contributed by atoms with E-state index in [-0.39, 0.29) is 0 Å². The van der Waals surface area contributed by atoms with Gasteiger partial charge in [-0.2, -0.15) is 0 Å². The number of nitrogens with two attached hydrogens (primary N) is 1. The van der Waals surface area contributed by atoms with E-state index in [2.05, 4.69) is 23.2 Å². The minimum atomic E-state index is -0.509. The van der Waals surface area contributed by atoms with E-state index in [9.17, 15) is 4.79 Å². The van der Waals surface area contributed by atoms with E-state index in [0.29, 0.717) is 6.04 Å². The predicted octanol–water partition coefficient (Wildman–Crippen LogP) is 2.59. The number of carbonyl (C=O) groups is 1. The highest BCUT2D eigenvalue weighted by molar-refractivity contribution is 5.87. The fraction of sp³-hybridized carbons (Fsp3) is 0.533. The number of benzene rings is 1. The highest BCUT2D eigenvalue weighted by Gasteiger charge is 2.23. The topological polar surface area (TPSA) is 58.4 Å². The third-order valence-electron chi connectivity index (χ3n) is 3.68. The standard InChI is InChI=1S/C15H23N3O/c1-2-8-18-9-4-7-14(18)11-12-5-3-6-13(10-12)17-15(16)19/h3,5-6,10,14H,2,4,7-9,11H2,1H3,(H3,16,17,19)/t14-/m0/s1. The molecule has 0 aliphatic carbocycles. The SMILES string of the molecule is CCCN1CCC[C@H]1Cc1cccc(NC(N)=O)c1. The van der Waals surface area contributed by atoms with E-state index in [1.807, 2.05) is 18.2 Å². The van der Waals surface area contributed by atoms with Crippen LogP contribution in [0.15, 0.2) is 24.3 Å². The Morgan fingerprint density at radius 1 is 1.53 bits per heavy atom. The van der Waals surface area contributed by atoms with Crippen molar-refractivity contribution in [1.82, 2.24) is 4.90 Å². The first kappa shape index (κ1) is 13.9. The number of hydrogen-bond acceptors (Lipinski definition) is 2. The van der Waals surface area contributed by atoms with Crippen molar-refractivity contribution in [3.63, 3.8) is 0 Å². The largest absolute Gasteiger partial charge is 0.351 e. The van der Waals surface area contributed by atoms with Crippen LogP contribution >= 0.6 is 0 Å². The second kappa shape index (κ2) is 6.57. The summed E-state index contributed by atoms with van der Waals surface area (Å²) in [5.74, 6) is 0. The Balaban J connectivity index is 2.00. The molecule has 0 saturated carbocycles. The first-order valence-electron chi connectivity index (χ1n) is 7.08. The average molecular weight is 261 g/mol. The molecule has 1 fully saturated rings. The lowest BCUT2D eigenvalue weighted by Gasteiger charge is -2.24. The van der Waals surface area contributed by atoms with Crippen molar-refractivity contribution in [3.8, 4) is 0 Å². The molecule has 2 amide bonds. The van der Waals surface area contributed by atoms with Gasteiger partial charge in [0, 0.05) is 11.7 Å². The van der Waals surface area contributed by atoms with Crippen molar-refractivity contribution in [2.75, 3.05) is 18.4 Å². The Bertz CT molecular complexity index is 433. The number of hydrogen-bond donors (Lipinski definition) is 2. The maximum atomic E-state index is 10.9. The third kappa shape index (κ3) is 3.96. The van der Waals surface area contributed by atoms with Crippen LogP contribution in [0.25, 0.3) is 0 Å². The van der Waals surface area contributed by atoms with Gasteiger partial charge < -0.3 is 16.0 Å². The number of carbonyl (C=O) groups excluding carboxylic acids is 1. The Kier molecular flexibility index (Phi) is 4.80. The molecule has 1 heterocycles. The number of amides is 2. The van der Waals surface area contributed by atoms with Crippen LogP contribution in [-0.4, -0.2) is 30.1 Å². The van der Waals surface area contributed by atoms with Crippen LogP contribution in [0.5, 0.6) is 0 Å². The molecule has 3 N–H and O–H groups in total. The minimum absolute atomic E-state index is 0.509. The monoisotopic (exact) mass is 261 g/mol. The lowest BCUT2D eigenvalue weighted by atomic mass is 10.0. The molecule has 104 valence electrons. The summed E-state index contributed by atoms with van der Waals surface area (Å²) in [6.45, 7) is 4.63. The van der Waals surface area contributed by atoms with Crippen LogP contribution in [0.2, 0.25) is 0 Å². The van der Waals surface area contributed by atoms with Crippen LogP contribution in [0.4, 0.5) is 10.5 Å². The van der Waals surface area contributed by atoms with Crippen LogP contribution in [0.1, 0.15) is 31.7 Å². The Morgan fingerprint density at radius 2 is 2.37 bits per heavy atom. The van der Waals surface area contributed by atoms with Gasteiger partial charge in [0.15, 0.2) is 0 Å². The zero-order valence-corrected chi connectivity index (χ0v) is 11.6. The Labute approximate surface area is 115 Å². The van der Waals surface area contributed by atoms with E-state index in [0.717, 1.165) is 12.1 Å². The van der Waals surface area contributed by atoms with Crippen molar-refractivity contribution in [2.24, 2.45) is 5.73 Å². The molecule has 1 atom stereocenters. The van der Waals surface area contributed by atoms with Gasteiger partial charge in [0.2, 0.25) is 0 Å². The molecule has 1 saturated heterocycles. The van der Waals surface area contributed by atoms with E-state index in [4.69, 9.17) is 5.73 Å². The third-order valence-corrected chi connectivity index (χ3v) is 3.68. The molecular formula is C15H23N3O. The summed E-state index contributed by atoms with van der Waals surface area (Å²) in [4.78, 5) is 13.4. The molecule has 2 rings (SSSR count). The number of likely N-dealkylation sites (tertiary alicyclic amines) is 1. The number of primary amides is 1. The first-order chi connectivity index (χ1) is 9.19. The van der Waals surface area contributed by atoms with E-state index < -0.39 is 6.03 Å². The van der Waals surface area contributed by atoms with Gasteiger partial charge in [-0.1, -0.05) is 19.1 Å². The van der Waals surface area contributed by atoms with Gasteiger partial charge in [0.05, 0.1) is 0 Å². The second-order valence-electron chi connectivity index (χ2n) is 5.23. The van der Waals surface area contributed by atoms with Crippen LogP contribution < -0.4 is 11.1 Å². The molecular weight excluding hydrogens is 238 g/mol. The highest BCUT2D eigenvalue weighted by atomic mass is 16.2. The molecule has 1 aliphatic rings. The molecule has 0 radical (unpaired) electrons. The van der Waals surface area contributed by atoms with Crippen LogP contribution in [0.3, 0.4) is 0 Å². The predicted molar refractivity (Wildman–Crippen MR) is 78.2 cm³/mol. The summed E-state index contributed by atoms with van der Waals surface area (Å²) in [5, 5.41) is 2.63. The smallest absolute Gasteiger partial charge is 0.316 e. The zero-order chi connectivity index (χ0) is 13.7. The van der Waals surface area contributed by atoms with Crippen LogP contribution in [-0.2, 0) is 6.42 Å². The van der Waals surface area contributed by atoms with Gasteiger partial charge in [-0.3, -0.25) is 0 Å². The van der Waals surface area contributed by atoms with Gasteiger partial charge in [-0.05, 0) is 56.5 Å². The molecule has 1 aliphatic heterocycles. The average Bonchev–Trinajstić information content (AvgIpc) is 2.77. The number of urea groups is 1. The lowest BCUT2D eigenvalue weighted by Crippen LogP contribution is -2.31. The van der Waals surface area contributed by atoms with E-state index >= 15 is 0 Å². The van der Waals surface area contributed by atoms with Crippen molar-refractivity contribution in [1.29, 1.82) is 0 Å². The fourth-order valence-electron chi connectivity index (χ4n) is 2.90. The maximum Gasteiger partial charge on any atom is 0.316 e. The Hall–Kier alpha value is -1.55. The molecule has 0 aromatic heterocycles. The van der Waals surface area contributed by atoms with Gasteiger partial charge in [0.25, 0.3) is 0 Å². The van der Waals surface area contributed by atoms with Crippen molar-refractivity contribution in [3.05, 3.63) is 29.8 Å². The van der Waals surface area contributed by atoms with E-state index in [1.54, 1.807) is 0 Å². The summed E-state index contributed by atoms with van der Waals surface area (Å²) in [7, 11) is 0. The summed E-state index contributed by atoms with van der Waals surface area (Å²) in [6, 6.07) is 8.11. The number of nitrogens with zero attached hydrogens (tertiary/aromatic N) is 1. The summed E-state index contributed by atoms with van der Waals surface area (Å²) in [6.07, 6.45) is 4.82. The molecule has 19 heavy (non-hydrogen) atoms. The van der Waals surface area contributed by atoms with Crippen molar-refractivity contribution < 1.29 is 4.79 Å². The second-order valence-corrected chi connectivity index (χ2v) is 5.23. The number of anilines is 1. The van der Waals surface area contributed by atoms with Crippen molar-refractivity contribution in [2.45, 2.75) is 38.6 Å². The van der Waals surface area contributed by atoms with Gasteiger partial charge in [0.1, 0.15) is 0 Å². The summed E-state index contributed by atoms with van der Waals surface area (Å²) < 4.78 is 0. The van der Waals surface area contributed by atoms with Gasteiger partial charge in [-0.25, -0.2) is 4.79 Å². The zero-order valence-electron chi connectivity index (χ0n) is 11.6.